The van der Waals surface area contributed by atoms with Crippen molar-refractivity contribution < 1.29 is 23.5 Å². The molecule has 4 nitrogen and oxygen atoms in total. The maximum absolute atomic E-state index is 13.8. The minimum atomic E-state index is -1.01. The Kier molecular flexibility index (Phi) is 5.48. The quantitative estimate of drug-likeness (QED) is 0.452. The van der Waals surface area contributed by atoms with Gasteiger partial charge in [-0.15, -0.1) is 0 Å². The molecule has 0 heterocycles. The Labute approximate surface area is 111 Å². The van der Waals surface area contributed by atoms with E-state index in [1.807, 2.05) is 0 Å². The predicted octanol–water partition coefficient (Wildman–Crippen LogP) is 2.61. The van der Waals surface area contributed by atoms with Gasteiger partial charge in [-0.2, -0.15) is 0 Å². The average molecular weight is 268 g/mol. The smallest absolute Gasteiger partial charge is 0.316 e. The van der Waals surface area contributed by atoms with Crippen molar-refractivity contribution in [2.45, 2.75) is 20.3 Å². The van der Waals surface area contributed by atoms with Gasteiger partial charge in [0.2, 0.25) is 0 Å². The van der Waals surface area contributed by atoms with Crippen LogP contribution in [0.25, 0.3) is 0 Å². The van der Waals surface area contributed by atoms with Crippen LogP contribution in [-0.4, -0.2) is 25.5 Å². The van der Waals surface area contributed by atoms with Crippen LogP contribution in [0.5, 0.6) is 5.75 Å². The molecule has 1 aromatic carbocycles. The number of carbonyl (C=O) groups is 2. The minimum absolute atomic E-state index is 0.118. The second-order valence-electron chi connectivity index (χ2n) is 3.89. The molecule has 0 amide bonds. The van der Waals surface area contributed by atoms with E-state index in [2.05, 4.69) is 0 Å². The molecule has 0 spiro atoms. The van der Waals surface area contributed by atoms with Crippen LogP contribution >= 0.6 is 0 Å². The van der Waals surface area contributed by atoms with Crippen LogP contribution in [0.3, 0.4) is 0 Å². The summed E-state index contributed by atoms with van der Waals surface area (Å²) in [5.41, 5.74) is -0.204. The largest absolute Gasteiger partial charge is 0.496 e. The van der Waals surface area contributed by atoms with Gasteiger partial charge in [0.15, 0.2) is 5.78 Å². The lowest BCUT2D eigenvalue weighted by atomic mass is 9.94. The van der Waals surface area contributed by atoms with Crippen LogP contribution in [0.4, 0.5) is 4.39 Å². The van der Waals surface area contributed by atoms with Gasteiger partial charge in [0.25, 0.3) is 0 Å². The number of methoxy groups -OCH3 is 1. The molecule has 5 heteroatoms. The Balaban J connectivity index is 3.14. The van der Waals surface area contributed by atoms with Crippen molar-refractivity contribution >= 4 is 11.8 Å². The molecule has 0 aromatic heterocycles. The summed E-state index contributed by atoms with van der Waals surface area (Å²) >= 11 is 0. The van der Waals surface area contributed by atoms with E-state index in [1.165, 1.54) is 19.2 Å². The third kappa shape index (κ3) is 3.30. The zero-order valence-corrected chi connectivity index (χ0v) is 11.2. The molecule has 104 valence electrons. The molecule has 0 aliphatic heterocycles. The molecule has 1 aromatic rings. The molecule has 0 fully saturated rings. The maximum Gasteiger partial charge on any atom is 0.316 e. The summed E-state index contributed by atoms with van der Waals surface area (Å²) in [6.07, 6.45) is 0.245. The van der Waals surface area contributed by atoms with Gasteiger partial charge in [0.05, 0.1) is 19.3 Å². The maximum atomic E-state index is 13.8. The minimum Gasteiger partial charge on any atom is -0.496 e. The van der Waals surface area contributed by atoms with Crippen LogP contribution in [0, 0.1) is 11.7 Å². The lowest BCUT2D eigenvalue weighted by Gasteiger charge is -2.15. The van der Waals surface area contributed by atoms with Crippen molar-refractivity contribution in [1.29, 1.82) is 0 Å². The Morgan fingerprint density at radius 2 is 2.00 bits per heavy atom. The lowest BCUT2D eigenvalue weighted by Crippen LogP contribution is -2.26. The second kappa shape index (κ2) is 6.87. The summed E-state index contributed by atoms with van der Waals surface area (Å²) < 4.78 is 23.6. The molecule has 1 rings (SSSR count). The van der Waals surface area contributed by atoms with E-state index < -0.39 is 23.5 Å². The molecular weight excluding hydrogens is 251 g/mol. The normalized spacial score (nSPS) is 11.8. The zero-order chi connectivity index (χ0) is 14.4. The summed E-state index contributed by atoms with van der Waals surface area (Å²) in [7, 11) is 1.34. The molecule has 0 saturated carbocycles. The molecule has 0 bridgehead atoms. The summed E-state index contributed by atoms with van der Waals surface area (Å²) in [6, 6.07) is 4.08. The molecule has 0 N–H and O–H groups in total. The van der Waals surface area contributed by atoms with Gasteiger partial charge in [-0.25, -0.2) is 4.39 Å². The predicted molar refractivity (Wildman–Crippen MR) is 67.7 cm³/mol. The van der Waals surface area contributed by atoms with Gasteiger partial charge in [-0.1, -0.05) is 13.0 Å². The van der Waals surface area contributed by atoms with Crippen molar-refractivity contribution in [3.05, 3.63) is 29.6 Å². The number of esters is 1. The molecule has 1 unspecified atom stereocenters. The molecular formula is C14H17FO4. The lowest BCUT2D eigenvalue weighted by molar-refractivity contribution is -0.146. The van der Waals surface area contributed by atoms with Crippen molar-refractivity contribution in [3.63, 3.8) is 0 Å². The SMILES string of the molecule is CCOC(=O)C(CC)C(=O)c1c(F)cccc1OC. The monoisotopic (exact) mass is 268 g/mol. The number of ketones is 1. The first kappa shape index (κ1) is 15.1. The highest BCUT2D eigenvalue weighted by Gasteiger charge is 2.31. The van der Waals surface area contributed by atoms with E-state index in [0.29, 0.717) is 0 Å². The van der Waals surface area contributed by atoms with Crippen molar-refractivity contribution in [2.75, 3.05) is 13.7 Å². The Morgan fingerprint density at radius 3 is 2.53 bits per heavy atom. The van der Waals surface area contributed by atoms with E-state index >= 15 is 0 Å². The number of benzene rings is 1. The summed E-state index contributed by atoms with van der Waals surface area (Å²) in [5, 5.41) is 0. The summed E-state index contributed by atoms with van der Waals surface area (Å²) in [6.45, 7) is 3.50. The van der Waals surface area contributed by atoms with Gasteiger partial charge in [-0.05, 0) is 25.5 Å². The summed E-state index contributed by atoms with van der Waals surface area (Å²) in [4.78, 5) is 24.0. The van der Waals surface area contributed by atoms with Gasteiger partial charge < -0.3 is 9.47 Å². The van der Waals surface area contributed by atoms with E-state index in [1.54, 1.807) is 13.8 Å². The van der Waals surface area contributed by atoms with E-state index in [0.717, 1.165) is 6.07 Å². The number of rotatable bonds is 6. The van der Waals surface area contributed by atoms with Crippen molar-refractivity contribution in [1.82, 2.24) is 0 Å². The Bertz CT molecular complexity index is 471. The van der Waals surface area contributed by atoms with Gasteiger partial charge in [-0.3, -0.25) is 9.59 Å². The highest BCUT2D eigenvalue weighted by molar-refractivity contribution is 6.10. The first-order valence-corrected chi connectivity index (χ1v) is 6.10. The zero-order valence-electron chi connectivity index (χ0n) is 11.2. The fraction of sp³-hybridized carbons (Fsp3) is 0.429. The van der Waals surface area contributed by atoms with Crippen molar-refractivity contribution in [2.24, 2.45) is 5.92 Å². The first-order chi connectivity index (χ1) is 9.06. The van der Waals surface area contributed by atoms with Crippen molar-refractivity contribution in [3.8, 4) is 5.75 Å². The van der Waals surface area contributed by atoms with E-state index in [9.17, 15) is 14.0 Å². The molecule has 1 atom stereocenters. The van der Waals surface area contributed by atoms with Crippen LogP contribution in [0.1, 0.15) is 30.6 Å². The third-order valence-corrected chi connectivity index (χ3v) is 2.74. The van der Waals surface area contributed by atoms with E-state index in [4.69, 9.17) is 9.47 Å². The number of ether oxygens (including phenoxy) is 2. The van der Waals surface area contributed by atoms with Gasteiger partial charge >= 0.3 is 5.97 Å². The number of Topliss-reactive ketones (excluding diaryl/α,β-unsaturated/α-hetero) is 1. The molecule has 19 heavy (non-hydrogen) atoms. The summed E-state index contributed by atoms with van der Waals surface area (Å²) in [5.74, 6) is -2.85. The fourth-order valence-electron chi connectivity index (χ4n) is 1.79. The second-order valence-corrected chi connectivity index (χ2v) is 3.89. The first-order valence-electron chi connectivity index (χ1n) is 6.10. The standard InChI is InChI=1S/C14H17FO4/c1-4-9(14(17)19-5-2)13(16)12-10(15)7-6-8-11(12)18-3/h6-9H,4-5H2,1-3H3. The fourth-order valence-corrected chi connectivity index (χ4v) is 1.79. The number of carbonyl (C=O) groups excluding carboxylic acids is 2. The van der Waals surface area contributed by atoms with Crippen LogP contribution < -0.4 is 4.74 Å². The molecule has 0 aliphatic rings. The average Bonchev–Trinajstić information content (AvgIpc) is 2.39. The molecule has 0 aliphatic carbocycles. The number of hydrogen-bond donors (Lipinski definition) is 0. The highest BCUT2D eigenvalue weighted by Crippen LogP contribution is 2.26. The van der Waals surface area contributed by atoms with Gasteiger partial charge in [0, 0.05) is 0 Å². The molecule has 0 radical (unpaired) electrons. The van der Waals surface area contributed by atoms with Gasteiger partial charge in [0.1, 0.15) is 17.5 Å². The Morgan fingerprint density at radius 1 is 1.32 bits per heavy atom. The van der Waals surface area contributed by atoms with Crippen LogP contribution in [0.2, 0.25) is 0 Å². The Hall–Kier alpha value is -1.91. The van der Waals surface area contributed by atoms with Crippen LogP contribution in [0.15, 0.2) is 18.2 Å². The topological polar surface area (TPSA) is 52.6 Å². The third-order valence-electron chi connectivity index (χ3n) is 2.74. The van der Waals surface area contributed by atoms with E-state index in [-0.39, 0.29) is 24.3 Å². The highest BCUT2D eigenvalue weighted by atomic mass is 19.1. The number of halogens is 1. The molecule has 0 saturated heterocycles. The number of hydrogen-bond acceptors (Lipinski definition) is 4. The van der Waals surface area contributed by atoms with Crippen LogP contribution in [-0.2, 0) is 9.53 Å².